The van der Waals surface area contributed by atoms with Crippen LogP contribution in [0.15, 0.2) is 16.7 Å². The van der Waals surface area contributed by atoms with E-state index in [2.05, 4.69) is 21.2 Å². The van der Waals surface area contributed by atoms with Crippen molar-refractivity contribution in [3.8, 4) is 0 Å². The summed E-state index contributed by atoms with van der Waals surface area (Å²) in [6.45, 7) is 2.42. The first kappa shape index (κ1) is 12.3. The van der Waals surface area contributed by atoms with E-state index in [1.54, 1.807) is 17.7 Å². The van der Waals surface area contributed by atoms with Crippen molar-refractivity contribution in [2.75, 3.05) is 13.7 Å². The van der Waals surface area contributed by atoms with Gasteiger partial charge in [0.1, 0.15) is 5.69 Å². The molecule has 0 aliphatic carbocycles. The highest BCUT2D eigenvalue weighted by Crippen LogP contribution is 2.13. The second-order valence-electron chi connectivity index (χ2n) is 3.41. The predicted molar refractivity (Wildman–Crippen MR) is 61.9 cm³/mol. The van der Waals surface area contributed by atoms with Crippen LogP contribution in [0.4, 0.5) is 0 Å². The third-order valence-corrected chi connectivity index (χ3v) is 2.59. The van der Waals surface area contributed by atoms with E-state index in [4.69, 9.17) is 4.74 Å². The van der Waals surface area contributed by atoms with Crippen LogP contribution in [0.2, 0.25) is 0 Å². The van der Waals surface area contributed by atoms with Gasteiger partial charge in [-0.1, -0.05) is 0 Å². The molecule has 5 heteroatoms. The van der Waals surface area contributed by atoms with Crippen molar-refractivity contribution in [3.05, 3.63) is 22.4 Å². The van der Waals surface area contributed by atoms with Crippen LogP contribution in [0.1, 0.15) is 17.4 Å². The normalized spacial score (nSPS) is 12.5. The SMILES string of the molecule is COC(C)CNC(=O)c1cc(Br)cn1C. The van der Waals surface area contributed by atoms with Crippen LogP contribution in [0.3, 0.4) is 0 Å². The van der Waals surface area contributed by atoms with Gasteiger partial charge < -0.3 is 14.6 Å². The number of rotatable bonds is 4. The van der Waals surface area contributed by atoms with Crippen LogP contribution in [0, 0.1) is 0 Å². The summed E-state index contributed by atoms with van der Waals surface area (Å²) in [7, 11) is 3.45. The summed E-state index contributed by atoms with van der Waals surface area (Å²) in [6.07, 6.45) is 1.87. The van der Waals surface area contributed by atoms with E-state index >= 15 is 0 Å². The summed E-state index contributed by atoms with van der Waals surface area (Å²) in [5.74, 6) is -0.0906. The molecule has 0 saturated heterocycles. The van der Waals surface area contributed by atoms with Gasteiger partial charge in [-0.15, -0.1) is 0 Å². The first-order chi connectivity index (χ1) is 7.04. The van der Waals surface area contributed by atoms with Gasteiger partial charge in [-0.3, -0.25) is 4.79 Å². The Labute approximate surface area is 97.7 Å². The molecule has 1 heterocycles. The Hall–Kier alpha value is -0.810. The zero-order valence-electron chi connectivity index (χ0n) is 9.08. The number of aromatic nitrogens is 1. The lowest BCUT2D eigenvalue weighted by molar-refractivity contribution is 0.0863. The van der Waals surface area contributed by atoms with Crippen molar-refractivity contribution < 1.29 is 9.53 Å². The Morgan fingerprint density at radius 1 is 1.73 bits per heavy atom. The van der Waals surface area contributed by atoms with Crippen molar-refractivity contribution >= 4 is 21.8 Å². The molecule has 0 aromatic carbocycles. The molecule has 1 aromatic heterocycles. The van der Waals surface area contributed by atoms with Crippen LogP contribution >= 0.6 is 15.9 Å². The molecule has 0 bridgehead atoms. The Morgan fingerprint density at radius 2 is 2.40 bits per heavy atom. The number of carbonyl (C=O) groups excluding carboxylic acids is 1. The molecule has 1 amide bonds. The van der Waals surface area contributed by atoms with Crippen molar-refractivity contribution in [2.45, 2.75) is 13.0 Å². The van der Waals surface area contributed by atoms with Crippen LogP contribution in [0.25, 0.3) is 0 Å². The van der Waals surface area contributed by atoms with E-state index in [0.717, 1.165) is 4.47 Å². The molecule has 1 unspecified atom stereocenters. The molecule has 0 aliphatic rings. The summed E-state index contributed by atoms with van der Waals surface area (Å²) in [5, 5.41) is 2.80. The Morgan fingerprint density at radius 3 is 2.87 bits per heavy atom. The van der Waals surface area contributed by atoms with E-state index in [0.29, 0.717) is 12.2 Å². The summed E-state index contributed by atoms with van der Waals surface area (Å²) in [4.78, 5) is 11.7. The molecule has 0 aliphatic heterocycles. The minimum atomic E-state index is -0.0906. The van der Waals surface area contributed by atoms with E-state index in [1.807, 2.05) is 20.2 Å². The van der Waals surface area contributed by atoms with Gasteiger partial charge in [0.15, 0.2) is 0 Å². The average Bonchev–Trinajstić information content (AvgIpc) is 2.53. The summed E-state index contributed by atoms with van der Waals surface area (Å²) in [5.41, 5.74) is 0.630. The highest BCUT2D eigenvalue weighted by Gasteiger charge is 2.11. The number of amides is 1. The molecule has 1 N–H and O–H groups in total. The fourth-order valence-corrected chi connectivity index (χ4v) is 1.68. The Kier molecular flexibility index (Phi) is 4.35. The predicted octanol–water partition coefficient (Wildman–Crippen LogP) is 1.55. The molecule has 84 valence electrons. The molecule has 0 radical (unpaired) electrons. The number of halogens is 1. The molecule has 0 spiro atoms. The van der Waals surface area contributed by atoms with E-state index < -0.39 is 0 Å². The van der Waals surface area contributed by atoms with Crippen LogP contribution in [-0.4, -0.2) is 30.2 Å². The number of carbonyl (C=O) groups is 1. The zero-order chi connectivity index (χ0) is 11.4. The monoisotopic (exact) mass is 274 g/mol. The van der Waals surface area contributed by atoms with Gasteiger partial charge in [0.05, 0.1) is 6.10 Å². The quantitative estimate of drug-likeness (QED) is 0.906. The second kappa shape index (κ2) is 5.32. The maximum atomic E-state index is 11.7. The summed E-state index contributed by atoms with van der Waals surface area (Å²) >= 11 is 3.32. The number of methoxy groups -OCH3 is 1. The number of aryl methyl sites for hydroxylation is 1. The van der Waals surface area contributed by atoms with Crippen molar-refractivity contribution in [3.63, 3.8) is 0 Å². The standard InChI is InChI=1S/C10H15BrN2O2/c1-7(15-3)5-12-10(14)9-4-8(11)6-13(9)2/h4,6-7H,5H2,1-3H3,(H,12,14). The molecule has 1 rings (SSSR count). The van der Waals surface area contributed by atoms with Gasteiger partial charge in [0, 0.05) is 31.4 Å². The topological polar surface area (TPSA) is 43.3 Å². The average molecular weight is 275 g/mol. The third-order valence-electron chi connectivity index (χ3n) is 2.16. The van der Waals surface area contributed by atoms with Gasteiger partial charge in [-0.05, 0) is 28.9 Å². The first-order valence-corrected chi connectivity index (χ1v) is 5.46. The number of hydrogen-bond donors (Lipinski definition) is 1. The first-order valence-electron chi connectivity index (χ1n) is 4.67. The number of ether oxygens (including phenoxy) is 1. The summed E-state index contributed by atoms with van der Waals surface area (Å²) in [6, 6.07) is 1.78. The molecule has 4 nitrogen and oxygen atoms in total. The Bertz CT molecular complexity index is 349. The molecule has 1 atom stereocenters. The van der Waals surface area contributed by atoms with Crippen LogP contribution in [0.5, 0.6) is 0 Å². The van der Waals surface area contributed by atoms with Gasteiger partial charge in [0.2, 0.25) is 0 Å². The highest BCUT2D eigenvalue weighted by atomic mass is 79.9. The van der Waals surface area contributed by atoms with Crippen LogP contribution in [-0.2, 0) is 11.8 Å². The fourth-order valence-electron chi connectivity index (χ4n) is 1.16. The maximum absolute atomic E-state index is 11.7. The van der Waals surface area contributed by atoms with Gasteiger partial charge in [0.25, 0.3) is 5.91 Å². The fraction of sp³-hybridized carbons (Fsp3) is 0.500. The molecular formula is C10H15BrN2O2. The highest BCUT2D eigenvalue weighted by molar-refractivity contribution is 9.10. The minimum Gasteiger partial charge on any atom is -0.380 e. The minimum absolute atomic E-state index is 0.0256. The van der Waals surface area contributed by atoms with Crippen LogP contribution < -0.4 is 5.32 Å². The number of nitrogens with zero attached hydrogens (tertiary/aromatic N) is 1. The molecule has 0 fully saturated rings. The van der Waals surface area contributed by atoms with E-state index in [9.17, 15) is 4.79 Å². The van der Waals surface area contributed by atoms with Gasteiger partial charge in [-0.25, -0.2) is 0 Å². The van der Waals surface area contributed by atoms with Crippen molar-refractivity contribution in [1.29, 1.82) is 0 Å². The number of hydrogen-bond acceptors (Lipinski definition) is 2. The smallest absolute Gasteiger partial charge is 0.268 e. The lowest BCUT2D eigenvalue weighted by atomic mass is 10.3. The number of nitrogens with one attached hydrogen (secondary N) is 1. The molecule has 0 saturated carbocycles. The van der Waals surface area contributed by atoms with Gasteiger partial charge >= 0.3 is 0 Å². The van der Waals surface area contributed by atoms with Crippen molar-refractivity contribution in [2.24, 2.45) is 7.05 Å². The Balaban J connectivity index is 2.58. The molecule has 15 heavy (non-hydrogen) atoms. The lowest BCUT2D eigenvalue weighted by Gasteiger charge is -2.10. The molecule has 1 aromatic rings. The van der Waals surface area contributed by atoms with E-state index in [1.165, 1.54) is 0 Å². The largest absolute Gasteiger partial charge is 0.380 e. The van der Waals surface area contributed by atoms with Crippen molar-refractivity contribution in [1.82, 2.24) is 9.88 Å². The summed E-state index contributed by atoms with van der Waals surface area (Å²) < 4.78 is 7.71. The maximum Gasteiger partial charge on any atom is 0.268 e. The second-order valence-corrected chi connectivity index (χ2v) is 4.33. The molecular weight excluding hydrogens is 260 g/mol. The third kappa shape index (κ3) is 3.35. The lowest BCUT2D eigenvalue weighted by Crippen LogP contribution is -2.32. The zero-order valence-corrected chi connectivity index (χ0v) is 10.7. The van der Waals surface area contributed by atoms with Gasteiger partial charge in [-0.2, -0.15) is 0 Å². The van der Waals surface area contributed by atoms with E-state index in [-0.39, 0.29) is 12.0 Å².